The average Bonchev–Trinajstić information content (AvgIpc) is 3.80. The van der Waals surface area contributed by atoms with Gasteiger partial charge in [-0.3, -0.25) is 15.0 Å². The lowest BCUT2D eigenvalue weighted by Gasteiger charge is -2.38. The smallest absolute Gasteiger partial charge is 0.475 e. The minimum atomic E-state index is -5.08. The number of benzene rings is 1. The molecule has 21 heteroatoms. The lowest BCUT2D eigenvalue weighted by Crippen LogP contribution is -2.46. The van der Waals surface area contributed by atoms with E-state index in [4.69, 9.17) is 29.5 Å². The van der Waals surface area contributed by atoms with Gasteiger partial charge < -0.3 is 25.0 Å². The number of H-pyrrole nitrogens is 1. The topological polar surface area (TPSA) is 178 Å². The number of aromatic amines is 1. The summed E-state index contributed by atoms with van der Waals surface area (Å²) in [5, 5.41) is 33.6. The molecular formula is C35H39F8N7O6. The number of carboxylic acids is 2. The van der Waals surface area contributed by atoms with Gasteiger partial charge in [-0.05, 0) is 69.7 Å². The standard InChI is InChI=1S/C31H37F2N7O2.2C2HF3O2/c1-4-20-18(2)11-23-21(14-35-38-23)24(20)27-25(33)26-22(13-34-27)28(39-9-5-7-30(3,41)16-39)37-29(36-26)42-17-31-8-6-10-40(31)15-19(32)12-31;2*3-2(4,5)1(6)7/h11,13-14,19,41H,4-10,12,15-17H2,1-3H3,(H,35,38);2*(H,6,7)/t19-,30-,31+;;/m1../s1. The number of aryl methyl sites for hydroxylation is 1. The molecule has 0 aliphatic carbocycles. The van der Waals surface area contributed by atoms with Gasteiger partial charge >= 0.3 is 30.3 Å². The Balaban J connectivity index is 0.000000367. The average molecular weight is 806 g/mol. The summed E-state index contributed by atoms with van der Waals surface area (Å²) in [6.07, 6.45) is -3.33. The predicted octanol–water partition coefficient (Wildman–Crippen LogP) is 6.15. The van der Waals surface area contributed by atoms with Crippen molar-refractivity contribution in [1.82, 2.24) is 30.0 Å². The van der Waals surface area contributed by atoms with E-state index in [-0.39, 0.29) is 29.4 Å². The van der Waals surface area contributed by atoms with Crippen LogP contribution in [0, 0.1) is 12.7 Å². The van der Waals surface area contributed by atoms with Crippen LogP contribution in [0.2, 0.25) is 0 Å². The molecule has 1 aromatic carbocycles. The first-order chi connectivity index (χ1) is 26.1. The minimum Gasteiger partial charge on any atom is -0.475 e. The van der Waals surface area contributed by atoms with E-state index in [1.165, 1.54) is 0 Å². The van der Waals surface area contributed by atoms with Gasteiger partial charge in [-0.25, -0.2) is 18.4 Å². The molecule has 3 aliphatic rings. The van der Waals surface area contributed by atoms with E-state index in [9.17, 15) is 35.8 Å². The van der Waals surface area contributed by atoms with Gasteiger partial charge in [0, 0.05) is 43.2 Å². The van der Waals surface area contributed by atoms with Crippen LogP contribution in [0.4, 0.5) is 40.9 Å². The van der Waals surface area contributed by atoms with Gasteiger partial charge in [-0.1, -0.05) is 6.92 Å². The zero-order valence-electron chi connectivity index (χ0n) is 30.4. The number of aliphatic hydroxyl groups is 1. The third-order valence-corrected chi connectivity index (χ3v) is 10.0. The van der Waals surface area contributed by atoms with Gasteiger partial charge in [0.15, 0.2) is 5.82 Å². The highest BCUT2D eigenvalue weighted by atomic mass is 19.4. The van der Waals surface area contributed by atoms with Crippen LogP contribution >= 0.6 is 0 Å². The molecule has 3 aliphatic heterocycles. The maximum atomic E-state index is 16.8. The van der Waals surface area contributed by atoms with Gasteiger partial charge in [0.25, 0.3) is 0 Å². The molecule has 13 nitrogen and oxygen atoms in total. The van der Waals surface area contributed by atoms with Crippen molar-refractivity contribution in [3.63, 3.8) is 0 Å². The number of hydrogen-bond donors (Lipinski definition) is 4. The number of aliphatic carboxylic acids is 2. The normalized spacial score (nSPS) is 22.6. The number of ether oxygens (including phenoxy) is 1. The molecule has 0 unspecified atom stereocenters. The van der Waals surface area contributed by atoms with Crippen LogP contribution in [0.3, 0.4) is 0 Å². The predicted molar refractivity (Wildman–Crippen MR) is 184 cm³/mol. The maximum Gasteiger partial charge on any atom is 0.490 e. The van der Waals surface area contributed by atoms with E-state index >= 15 is 4.39 Å². The number of piperidine rings is 1. The summed E-state index contributed by atoms with van der Waals surface area (Å²) < 4.78 is 101. The fourth-order valence-electron chi connectivity index (χ4n) is 7.54. The molecule has 7 rings (SSSR count). The molecule has 3 fully saturated rings. The van der Waals surface area contributed by atoms with E-state index < -0.39 is 41.9 Å². The minimum absolute atomic E-state index is 0.0516. The van der Waals surface area contributed by atoms with Gasteiger partial charge in [0.1, 0.15) is 29.8 Å². The number of rotatable bonds is 6. The molecule has 56 heavy (non-hydrogen) atoms. The number of β-amino-alcohol motifs (C(OH)–C–C–N with tert-alkyl or cyclic N) is 1. The van der Waals surface area contributed by atoms with Crippen molar-refractivity contribution in [3.8, 4) is 17.3 Å². The number of pyridine rings is 1. The molecule has 0 amide bonds. The number of halogens is 8. The number of alkyl halides is 7. The molecule has 3 aromatic heterocycles. The molecule has 4 aromatic rings. The SMILES string of the molecule is CCc1c(C)cc2[nH]ncc2c1-c1ncc2c(N3CCC[C@@](C)(O)C3)nc(OC[C@@]34CCCN3C[C@H](F)C4)nc2c1F.O=C(O)C(F)(F)F.O=C(O)C(F)(F)F. The van der Waals surface area contributed by atoms with Crippen LogP contribution in [0.25, 0.3) is 33.1 Å². The van der Waals surface area contributed by atoms with Crippen molar-refractivity contribution in [2.75, 3.05) is 37.7 Å². The summed E-state index contributed by atoms with van der Waals surface area (Å²) in [5.41, 5.74) is 2.55. The number of nitrogens with one attached hydrogen (secondary N) is 1. The summed E-state index contributed by atoms with van der Waals surface area (Å²) in [6, 6.07) is 2.07. The summed E-state index contributed by atoms with van der Waals surface area (Å²) in [7, 11) is 0. The summed E-state index contributed by atoms with van der Waals surface area (Å²) in [6.45, 7) is 8.35. The third-order valence-electron chi connectivity index (χ3n) is 10.0. The first-order valence-electron chi connectivity index (χ1n) is 17.5. The van der Waals surface area contributed by atoms with Crippen molar-refractivity contribution >= 4 is 39.6 Å². The summed E-state index contributed by atoms with van der Waals surface area (Å²) in [4.78, 5) is 36.0. The van der Waals surface area contributed by atoms with Crippen molar-refractivity contribution < 1.29 is 64.8 Å². The van der Waals surface area contributed by atoms with Gasteiger partial charge in [0.05, 0.1) is 28.2 Å². The molecule has 6 heterocycles. The Kier molecular flexibility index (Phi) is 12.0. The Morgan fingerprint density at radius 2 is 1.66 bits per heavy atom. The summed E-state index contributed by atoms with van der Waals surface area (Å²) >= 11 is 0. The van der Waals surface area contributed by atoms with Crippen LogP contribution in [-0.4, -0.2) is 120 Å². The molecule has 0 saturated carbocycles. The Hall–Kier alpha value is -4.92. The van der Waals surface area contributed by atoms with Crippen molar-refractivity contribution in [2.24, 2.45) is 0 Å². The van der Waals surface area contributed by atoms with Crippen LogP contribution in [0.5, 0.6) is 6.01 Å². The molecule has 306 valence electrons. The van der Waals surface area contributed by atoms with E-state index in [1.807, 2.05) is 24.8 Å². The van der Waals surface area contributed by atoms with Gasteiger partial charge in [-0.15, -0.1) is 0 Å². The molecule has 0 bridgehead atoms. The summed E-state index contributed by atoms with van der Waals surface area (Å²) in [5.74, 6) is -5.59. The second-order valence-electron chi connectivity index (χ2n) is 14.2. The first kappa shape index (κ1) is 42.2. The number of aromatic nitrogens is 5. The largest absolute Gasteiger partial charge is 0.490 e. The lowest BCUT2D eigenvalue weighted by molar-refractivity contribution is -0.193. The number of nitrogens with zero attached hydrogens (tertiary/aromatic N) is 6. The third kappa shape index (κ3) is 9.03. The fraction of sp³-hybridized carbons (Fsp3) is 0.543. The second-order valence-corrected chi connectivity index (χ2v) is 14.2. The second kappa shape index (κ2) is 15.9. The van der Waals surface area contributed by atoms with Crippen molar-refractivity contribution in [3.05, 3.63) is 35.4 Å². The molecule has 3 saturated heterocycles. The highest BCUT2D eigenvalue weighted by Gasteiger charge is 2.49. The fourth-order valence-corrected chi connectivity index (χ4v) is 7.54. The van der Waals surface area contributed by atoms with E-state index in [2.05, 4.69) is 25.1 Å². The molecule has 4 N–H and O–H groups in total. The molecule has 3 atom stereocenters. The molecule has 0 spiro atoms. The quantitative estimate of drug-likeness (QED) is 0.164. The lowest BCUT2D eigenvalue weighted by atomic mass is 9.93. The van der Waals surface area contributed by atoms with Crippen molar-refractivity contribution in [2.45, 2.75) is 89.0 Å². The zero-order valence-corrected chi connectivity index (χ0v) is 30.4. The Bertz CT molecular complexity index is 2070. The van der Waals surface area contributed by atoms with Crippen molar-refractivity contribution in [1.29, 1.82) is 0 Å². The van der Waals surface area contributed by atoms with E-state index in [0.717, 1.165) is 47.8 Å². The maximum absolute atomic E-state index is 16.8. The van der Waals surface area contributed by atoms with Gasteiger partial charge in [-0.2, -0.15) is 41.4 Å². The number of anilines is 1. The molecular weight excluding hydrogens is 766 g/mol. The van der Waals surface area contributed by atoms with Crippen LogP contribution < -0.4 is 9.64 Å². The van der Waals surface area contributed by atoms with Crippen LogP contribution in [-0.2, 0) is 16.0 Å². The number of carbonyl (C=O) groups is 2. The zero-order chi connectivity index (χ0) is 41.4. The number of carboxylic acid groups (broad SMARTS) is 2. The van der Waals surface area contributed by atoms with E-state index in [1.54, 1.807) is 19.3 Å². The highest BCUT2D eigenvalue weighted by Crippen LogP contribution is 2.42. The Morgan fingerprint density at radius 1 is 1.02 bits per heavy atom. The Labute approximate surface area is 313 Å². The monoisotopic (exact) mass is 805 g/mol. The molecule has 0 radical (unpaired) electrons. The number of fused-ring (bicyclic) bond motifs is 3. The van der Waals surface area contributed by atoms with Crippen LogP contribution in [0.15, 0.2) is 18.5 Å². The van der Waals surface area contributed by atoms with Crippen LogP contribution in [0.1, 0.15) is 57.1 Å². The highest BCUT2D eigenvalue weighted by molar-refractivity contribution is 5.99. The number of hydrogen-bond acceptors (Lipinski definition) is 10. The first-order valence-corrected chi connectivity index (χ1v) is 17.5. The van der Waals surface area contributed by atoms with Gasteiger partial charge in [0.2, 0.25) is 0 Å². The van der Waals surface area contributed by atoms with E-state index in [0.29, 0.717) is 55.7 Å². The Morgan fingerprint density at radius 3 is 2.27 bits per heavy atom.